The number of hydrogen-bond donors (Lipinski definition) is 1. The zero-order valence-corrected chi connectivity index (χ0v) is 20.4. The number of nitrogens with one attached hydrogen (secondary N) is 1. The van der Waals surface area contributed by atoms with Crippen LogP contribution >= 0.6 is 12.2 Å². The molecule has 2 aromatic heterocycles. The SMILES string of the molecule is CCn1c(C)cc([C@@H]2[C@@H](c3ccccn3)NC(=S)N2c2ccc(OC3CCCC3)cc2)c1C. The molecule has 0 amide bonds. The lowest BCUT2D eigenvalue weighted by molar-refractivity contribution is 0.210. The molecule has 172 valence electrons. The summed E-state index contributed by atoms with van der Waals surface area (Å²) in [4.78, 5) is 6.92. The van der Waals surface area contributed by atoms with E-state index in [1.54, 1.807) is 0 Å². The normalized spacial score (nSPS) is 20.9. The summed E-state index contributed by atoms with van der Waals surface area (Å²) in [5.41, 5.74) is 5.89. The number of thiocarbonyl (C=S) groups is 1. The highest BCUT2D eigenvalue weighted by Crippen LogP contribution is 2.43. The second-order valence-corrected chi connectivity index (χ2v) is 9.47. The van der Waals surface area contributed by atoms with Crippen molar-refractivity contribution in [3.8, 4) is 5.75 Å². The van der Waals surface area contributed by atoms with Crippen LogP contribution in [0.15, 0.2) is 54.7 Å². The minimum Gasteiger partial charge on any atom is -0.490 e. The first kappa shape index (κ1) is 22.0. The van der Waals surface area contributed by atoms with Crippen LogP contribution < -0.4 is 15.0 Å². The van der Waals surface area contributed by atoms with Crippen molar-refractivity contribution in [2.45, 2.75) is 71.2 Å². The van der Waals surface area contributed by atoms with Crippen LogP contribution in [-0.4, -0.2) is 20.8 Å². The summed E-state index contributed by atoms with van der Waals surface area (Å²) in [5, 5.41) is 4.29. The standard InChI is InChI=1S/C27H32N4OS/c1-4-30-18(2)17-23(19(30)3)26-25(24-11-7-8-16-28-24)29-27(33)31(26)20-12-14-22(15-13-20)32-21-9-5-6-10-21/h7-8,11-17,21,25-26H,4-6,9-10H2,1-3H3,(H,29,33)/t25-,26-/m1/s1. The van der Waals surface area contributed by atoms with Crippen LogP contribution in [0.25, 0.3) is 0 Å². The zero-order valence-electron chi connectivity index (χ0n) is 19.6. The van der Waals surface area contributed by atoms with Crippen molar-refractivity contribution in [2.24, 2.45) is 0 Å². The van der Waals surface area contributed by atoms with Crippen LogP contribution in [0.5, 0.6) is 5.75 Å². The van der Waals surface area contributed by atoms with Crippen molar-refractivity contribution in [3.05, 3.63) is 77.4 Å². The highest BCUT2D eigenvalue weighted by atomic mass is 32.1. The van der Waals surface area contributed by atoms with E-state index in [4.69, 9.17) is 17.0 Å². The van der Waals surface area contributed by atoms with Crippen molar-refractivity contribution in [1.29, 1.82) is 0 Å². The van der Waals surface area contributed by atoms with Crippen molar-refractivity contribution in [2.75, 3.05) is 4.90 Å². The average molecular weight is 461 g/mol. The minimum absolute atomic E-state index is 0.0144. The van der Waals surface area contributed by atoms with Gasteiger partial charge >= 0.3 is 0 Å². The van der Waals surface area contributed by atoms with Gasteiger partial charge in [0.2, 0.25) is 0 Å². The predicted octanol–water partition coefficient (Wildman–Crippen LogP) is 6.02. The van der Waals surface area contributed by atoms with Crippen LogP contribution in [-0.2, 0) is 6.54 Å². The molecule has 5 nitrogen and oxygen atoms in total. The Morgan fingerprint density at radius 2 is 1.85 bits per heavy atom. The molecule has 1 saturated heterocycles. The van der Waals surface area contributed by atoms with Gasteiger partial charge < -0.3 is 19.5 Å². The minimum atomic E-state index is -0.0288. The van der Waals surface area contributed by atoms with E-state index < -0.39 is 0 Å². The molecule has 2 atom stereocenters. The zero-order chi connectivity index (χ0) is 22.9. The van der Waals surface area contributed by atoms with Crippen LogP contribution in [0.1, 0.15) is 67.3 Å². The van der Waals surface area contributed by atoms with E-state index >= 15 is 0 Å². The molecule has 6 heteroatoms. The Balaban J connectivity index is 1.52. The fraction of sp³-hybridized carbons (Fsp3) is 0.407. The van der Waals surface area contributed by atoms with Gasteiger partial charge in [-0.15, -0.1) is 0 Å². The second kappa shape index (κ2) is 9.18. The molecular formula is C27H32N4OS. The third-order valence-corrected chi connectivity index (χ3v) is 7.38. The monoisotopic (exact) mass is 460 g/mol. The first-order valence-electron chi connectivity index (χ1n) is 12.0. The van der Waals surface area contributed by atoms with E-state index in [1.165, 1.54) is 29.8 Å². The maximum atomic E-state index is 6.19. The Bertz CT molecular complexity index is 1120. The van der Waals surface area contributed by atoms with Gasteiger partial charge in [0.1, 0.15) is 5.75 Å². The molecule has 0 spiro atoms. The Morgan fingerprint density at radius 3 is 2.48 bits per heavy atom. The number of aryl methyl sites for hydroxylation is 1. The number of hydrogen-bond acceptors (Lipinski definition) is 3. The largest absolute Gasteiger partial charge is 0.490 e. The third-order valence-electron chi connectivity index (χ3n) is 7.07. The van der Waals surface area contributed by atoms with Crippen molar-refractivity contribution < 1.29 is 4.74 Å². The van der Waals surface area contributed by atoms with Gasteiger partial charge in [-0.1, -0.05) is 6.07 Å². The van der Waals surface area contributed by atoms with Gasteiger partial charge in [0, 0.05) is 29.8 Å². The predicted molar refractivity (Wildman–Crippen MR) is 137 cm³/mol. The summed E-state index contributed by atoms with van der Waals surface area (Å²) < 4.78 is 8.56. The van der Waals surface area contributed by atoms with E-state index in [-0.39, 0.29) is 12.1 Å². The lowest BCUT2D eigenvalue weighted by Crippen LogP contribution is -2.29. The first-order chi connectivity index (χ1) is 16.1. The summed E-state index contributed by atoms with van der Waals surface area (Å²) in [5.74, 6) is 0.936. The molecule has 0 bridgehead atoms. The van der Waals surface area contributed by atoms with Gasteiger partial charge in [-0.05, 0) is 107 Å². The number of ether oxygens (including phenoxy) is 1. The number of nitrogens with zero attached hydrogens (tertiary/aromatic N) is 3. The van der Waals surface area contributed by atoms with E-state index in [0.717, 1.165) is 41.6 Å². The lowest BCUT2D eigenvalue weighted by Gasteiger charge is -2.28. The van der Waals surface area contributed by atoms with Crippen LogP contribution in [0.3, 0.4) is 0 Å². The second-order valence-electron chi connectivity index (χ2n) is 9.09. The van der Waals surface area contributed by atoms with Crippen molar-refractivity contribution in [3.63, 3.8) is 0 Å². The first-order valence-corrected chi connectivity index (χ1v) is 12.4. The molecule has 5 rings (SSSR count). The number of rotatable bonds is 6. The highest BCUT2D eigenvalue weighted by Gasteiger charge is 2.42. The van der Waals surface area contributed by atoms with Crippen LogP contribution in [0.4, 0.5) is 5.69 Å². The molecule has 1 saturated carbocycles. The Morgan fingerprint density at radius 1 is 1.09 bits per heavy atom. The Kier molecular flexibility index (Phi) is 6.11. The van der Waals surface area contributed by atoms with E-state index in [2.05, 4.69) is 76.9 Å². The van der Waals surface area contributed by atoms with E-state index in [1.807, 2.05) is 18.3 Å². The summed E-state index contributed by atoms with van der Waals surface area (Å²) in [6.45, 7) is 7.53. The molecule has 0 radical (unpaired) electrons. The molecule has 3 aromatic rings. The third kappa shape index (κ3) is 4.12. The molecule has 1 aromatic carbocycles. The average Bonchev–Trinajstić information content (AvgIpc) is 3.53. The summed E-state index contributed by atoms with van der Waals surface area (Å²) in [7, 11) is 0. The van der Waals surface area contributed by atoms with Gasteiger partial charge in [0.15, 0.2) is 5.11 Å². The quantitative estimate of drug-likeness (QED) is 0.456. The topological polar surface area (TPSA) is 42.3 Å². The maximum Gasteiger partial charge on any atom is 0.174 e. The molecule has 3 heterocycles. The molecule has 1 aliphatic carbocycles. The van der Waals surface area contributed by atoms with Gasteiger partial charge in [0.05, 0.1) is 23.9 Å². The maximum absolute atomic E-state index is 6.19. The van der Waals surface area contributed by atoms with Crippen LogP contribution in [0.2, 0.25) is 0 Å². The number of aromatic nitrogens is 2. The molecule has 2 aliphatic rings. The highest BCUT2D eigenvalue weighted by molar-refractivity contribution is 7.80. The number of anilines is 1. The van der Waals surface area contributed by atoms with E-state index in [0.29, 0.717) is 6.10 Å². The number of benzene rings is 1. The van der Waals surface area contributed by atoms with Crippen LogP contribution in [0, 0.1) is 13.8 Å². The number of pyridine rings is 1. The Hall–Kier alpha value is -2.86. The van der Waals surface area contributed by atoms with Gasteiger partial charge in [-0.2, -0.15) is 0 Å². The molecule has 0 unspecified atom stereocenters. The molecule has 2 fully saturated rings. The van der Waals surface area contributed by atoms with Crippen molar-refractivity contribution in [1.82, 2.24) is 14.9 Å². The van der Waals surface area contributed by atoms with Gasteiger partial charge in [0.25, 0.3) is 0 Å². The summed E-state index contributed by atoms with van der Waals surface area (Å²) >= 11 is 5.89. The summed E-state index contributed by atoms with van der Waals surface area (Å²) in [6.07, 6.45) is 7.05. The fourth-order valence-electron chi connectivity index (χ4n) is 5.45. The molecule has 1 N–H and O–H groups in total. The smallest absolute Gasteiger partial charge is 0.174 e. The van der Waals surface area contributed by atoms with Gasteiger partial charge in [-0.25, -0.2) is 0 Å². The fourth-order valence-corrected chi connectivity index (χ4v) is 5.79. The Labute approximate surface area is 201 Å². The molecular weight excluding hydrogens is 428 g/mol. The van der Waals surface area contributed by atoms with Crippen molar-refractivity contribution >= 4 is 23.0 Å². The molecule has 1 aliphatic heterocycles. The van der Waals surface area contributed by atoms with E-state index in [9.17, 15) is 0 Å². The summed E-state index contributed by atoms with van der Waals surface area (Å²) in [6, 6.07) is 16.8. The van der Waals surface area contributed by atoms with Gasteiger partial charge in [-0.3, -0.25) is 4.98 Å². The lowest BCUT2D eigenvalue weighted by atomic mass is 9.96. The molecule has 33 heavy (non-hydrogen) atoms.